The molecule has 96 valence electrons. The number of nitrogens with one attached hydrogen (secondary N) is 2. The highest BCUT2D eigenvalue weighted by Gasteiger charge is 2.24. The largest absolute Gasteiger partial charge is 0.355 e. The van der Waals surface area contributed by atoms with E-state index in [9.17, 15) is 9.59 Å². The van der Waals surface area contributed by atoms with E-state index < -0.39 is 0 Å². The first-order valence-electron chi connectivity index (χ1n) is 5.98. The van der Waals surface area contributed by atoms with Crippen LogP contribution in [0.4, 0.5) is 0 Å². The van der Waals surface area contributed by atoms with Gasteiger partial charge in [-0.05, 0) is 19.4 Å². The maximum absolute atomic E-state index is 11.9. The van der Waals surface area contributed by atoms with Gasteiger partial charge < -0.3 is 10.6 Å². The molecule has 1 aromatic heterocycles. The summed E-state index contributed by atoms with van der Waals surface area (Å²) in [7, 11) is 0. The molecular formula is C12H16N4O2. The number of rotatable bonds is 3. The van der Waals surface area contributed by atoms with Crippen molar-refractivity contribution in [1.82, 2.24) is 20.6 Å². The second kappa shape index (κ2) is 5.57. The van der Waals surface area contributed by atoms with E-state index in [1.54, 1.807) is 12.3 Å². The van der Waals surface area contributed by atoms with E-state index in [1.807, 2.05) is 6.92 Å². The number of aromatic nitrogens is 2. The zero-order valence-corrected chi connectivity index (χ0v) is 10.3. The molecule has 0 spiro atoms. The smallest absolute Gasteiger partial charge is 0.225 e. The Balaban J connectivity index is 1.83. The van der Waals surface area contributed by atoms with Crippen molar-refractivity contribution in [1.29, 1.82) is 0 Å². The molecular weight excluding hydrogens is 232 g/mol. The van der Waals surface area contributed by atoms with Crippen LogP contribution in [0.1, 0.15) is 24.4 Å². The summed E-state index contributed by atoms with van der Waals surface area (Å²) in [6, 6.07) is 1.77. The molecule has 1 atom stereocenters. The number of amides is 2. The standard InChI is InChI=1S/C12H16N4O2/c1-8-13-5-4-10(16-8)7-15-12(18)9-2-3-11(17)14-6-9/h4-5,9H,2-3,6-7H2,1H3,(H,14,17)(H,15,18). The molecule has 0 radical (unpaired) electrons. The Hall–Kier alpha value is -1.98. The minimum absolute atomic E-state index is 0.0190. The fourth-order valence-corrected chi connectivity index (χ4v) is 1.88. The van der Waals surface area contributed by atoms with Crippen molar-refractivity contribution < 1.29 is 9.59 Å². The van der Waals surface area contributed by atoms with Crippen LogP contribution in [0.25, 0.3) is 0 Å². The number of piperidine rings is 1. The molecule has 0 aromatic carbocycles. The maximum atomic E-state index is 11.9. The summed E-state index contributed by atoms with van der Waals surface area (Å²) in [5.74, 6) is 0.536. The van der Waals surface area contributed by atoms with E-state index >= 15 is 0 Å². The first-order chi connectivity index (χ1) is 8.65. The lowest BCUT2D eigenvalue weighted by atomic mass is 9.98. The van der Waals surface area contributed by atoms with Crippen molar-refractivity contribution >= 4 is 11.8 Å². The van der Waals surface area contributed by atoms with Crippen LogP contribution in [0.15, 0.2) is 12.3 Å². The maximum Gasteiger partial charge on any atom is 0.225 e. The lowest BCUT2D eigenvalue weighted by Gasteiger charge is -2.21. The molecule has 1 unspecified atom stereocenters. The number of carbonyl (C=O) groups excluding carboxylic acids is 2. The van der Waals surface area contributed by atoms with Crippen LogP contribution in [-0.2, 0) is 16.1 Å². The van der Waals surface area contributed by atoms with Gasteiger partial charge in [-0.2, -0.15) is 0 Å². The third-order valence-electron chi connectivity index (χ3n) is 2.91. The van der Waals surface area contributed by atoms with E-state index in [-0.39, 0.29) is 17.7 Å². The molecule has 1 aromatic rings. The van der Waals surface area contributed by atoms with Gasteiger partial charge in [0.1, 0.15) is 5.82 Å². The van der Waals surface area contributed by atoms with E-state index in [1.165, 1.54) is 0 Å². The van der Waals surface area contributed by atoms with E-state index in [0.29, 0.717) is 31.8 Å². The molecule has 1 aliphatic rings. The monoisotopic (exact) mass is 248 g/mol. The molecule has 0 aliphatic carbocycles. The topological polar surface area (TPSA) is 84.0 Å². The minimum atomic E-state index is -0.134. The van der Waals surface area contributed by atoms with Crippen LogP contribution in [0.3, 0.4) is 0 Å². The van der Waals surface area contributed by atoms with Crippen molar-refractivity contribution in [2.75, 3.05) is 6.54 Å². The molecule has 6 nitrogen and oxygen atoms in total. The number of carbonyl (C=O) groups is 2. The summed E-state index contributed by atoms with van der Waals surface area (Å²) in [6.45, 7) is 2.63. The van der Waals surface area contributed by atoms with Crippen LogP contribution < -0.4 is 10.6 Å². The van der Waals surface area contributed by atoms with Crippen LogP contribution in [0.2, 0.25) is 0 Å². The quantitative estimate of drug-likeness (QED) is 0.784. The van der Waals surface area contributed by atoms with Crippen LogP contribution >= 0.6 is 0 Å². The Labute approximate surface area is 105 Å². The highest BCUT2D eigenvalue weighted by Crippen LogP contribution is 2.10. The molecule has 0 saturated carbocycles. The first-order valence-corrected chi connectivity index (χ1v) is 5.98. The molecule has 18 heavy (non-hydrogen) atoms. The predicted molar refractivity (Wildman–Crippen MR) is 64.3 cm³/mol. The van der Waals surface area contributed by atoms with E-state index in [0.717, 1.165) is 5.69 Å². The van der Waals surface area contributed by atoms with Crippen molar-refractivity contribution in [2.24, 2.45) is 5.92 Å². The first kappa shape index (κ1) is 12.5. The highest BCUT2D eigenvalue weighted by atomic mass is 16.2. The Morgan fingerprint density at radius 3 is 3.11 bits per heavy atom. The molecule has 0 bridgehead atoms. The summed E-state index contributed by atoms with van der Waals surface area (Å²) in [5, 5.41) is 5.53. The lowest BCUT2D eigenvalue weighted by molar-refractivity contribution is -0.129. The molecule has 1 fully saturated rings. The van der Waals surface area contributed by atoms with Crippen molar-refractivity contribution in [2.45, 2.75) is 26.3 Å². The zero-order valence-electron chi connectivity index (χ0n) is 10.3. The molecule has 1 aliphatic heterocycles. The Morgan fingerprint density at radius 2 is 2.44 bits per heavy atom. The van der Waals surface area contributed by atoms with Gasteiger partial charge in [0.05, 0.1) is 18.2 Å². The van der Waals surface area contributed by atoms with Gasteiger partial charge in [-0.1, -0.05) is 0 Å². The molecule has 2 amide bonds. The summed E-state index contributed by atoms with van der Waals surface area (Å²) in [4.78, 5) is 31.0. The van der Waals surface area contributed by atoms with Gasteiger partial charge in [-0.15, -0.1) is 0 Å². The number of aryl methyl sites for hydroxylation is 1. The third kappa shape index (κ3) is 3.26. The van der Waals surface area contributed by atoms with Gasteiger partial charge in [0.2, 0.25) is 11.8 Å². The Bertz CT molecular complexity index is 451. The van der Waals surface area contributed by atoms with Crippen molar-refractivity contribution in [3.8, 4) is 0 Å². The summed E-state index contributed by atoms with van der Waals surface area (Å²) < 4.78 is 0. The van der Waals surface area contributed by atoms with Gasteiger partial charge in [-0.25, -0.2) is 9.97 Å². The highest BCUT2D eigenvalue weighted by molar-refractivity contribution is 5.83. The van der Waals surface area contributed by atoms with E-state index in [4.69, 9.17) is 0 Å². The number of hydrogen-bond donors (Lipinski definition) is 2. The minimum Gasteiger partial charge on any atom is -0.355 e. The van der Waals surface area contributed by atoms with Gasteiger partial charge in [-0.3, -0.25) is 9.59 Å². The Kier molecular flexibility index (Phi) is 3.86. The fourth-order valence-electron chi connectivity index (χ4n) is 1.88. The molecule has 6 heteroatoms. The van der Waals surface area contributed by atoms with Gasteiger partial charge in [0.25, 0.3) is 0 Å². The second-order valence-corrected chi connectivity index (χ2v) is 4.35. The number of nitrogens with zero attached hydrogens (tertiary/aromatic N) is 2. The molecule has 2 rings (SSSR count). The zero-order chi connectivity index (χ0) is 13.0. The van der Waals surface area contributed by atoms with Crippen molar-refractivity contribution in [3.63, 3.8) is 0 Å². The summed E-state index contributed by atoms with van der Waals surface area (Å²) in [5.41, 5.74) is 0.788. The van der Waals surface area contributed by atoms with E-state index in [2.05, 4.69) is 20.6 Å². The predicted octanol–water partition coefficient (Wildman–Crippen LogP) is -0.0726. The van der Waals surface area contributed by atoms with Crippen molar-refractivity contribution in [3.05, 3.63) is 23.8 Å². The average molecular weight is 248 g/mol. The normalized spacial score (nSPS) is 19.2. The van der Waals surface area contributed by atoms with Gasteiger partial charge in [0, 0.05) is 19.2 Å². The average Bonchev–Trinajstić information content (AvgIpc) is 2.37. The molecule has 2 N–H and O–H groups in total. The van der Waals surface area contributed by atoms with Crippen LogP contribution in [0.5, 0.6) is 0 Å². The van der Waals surface area contributed by atoms with Crippen LogP contribution in [0, 0.1) is 12.8 Å². The van der Waals surface area contributed by atoms with Gasteiger partial charge >= 0.3 is 0 Å². The summed E-state index contributed by atoms with van der Waals surface area (Å²) in [6.07, 6.45) is 2.70. The van der Waals surface area contributed by atoms with Crippen LogP contribution in [-0.4, -0.2) is 28.3 Å². The fraction of sp³-hybridized carbons (Fsp3) is 0.500. The third-order valence-corrected chi connectivity index (χ3v) is 2.91. The van der Waals surface area contributed by atoms with Gasteiger partial charge in [0.15, 0.2) is 0 Å². The number of hydrogen-bond acceptors (Lipinski definition) is 4. The lowest BCUT2D eigenvalue weighted by Crippen LogP contribution is -2.42. The Morgan fingerprint density at radius 1 is 1.61 bits per heavy atom. The molecule has 1 saturated heterocycles. The SMILES string of the molecule is Cc1nccc(CNC(=O)C2CCC(=O)NC2)n1. The molecule has 2 heterocycles. The summed E-state index contributed by atoms with van der Waals surface area (Å²) >= 11 is 0. The second-order valence-electron chi connectivity index (χ2n) is 4.35.